The van der Waals surface area contributed by atoms with Crippen LogP contribution in [0.3, 0.4) is 0 Å². The predicted molar refractivity (Wildman–Crippen MR) is 67.2 cm³/mol. The van der Waals surface area contributed by atoms with Crippen LogP contribution in [0.4, 0.5) is 5.69 Å². The Morgan fingerprint density at radius 1 is 1.12 bits per heavy atom. The van der Waals surface area contributed by atoms with Gasteiger partial charge in [-0.3, -0.25) is 0 Å². The van der Waals surface area contributed by atoms with Crippen molar-refractivity contribution < 1.29 is 4.74 Å². The van der Waals surface area contributed by atoms with E-state index in [9.17, 15) is 0 Å². The largest absolute Gasteiger partial charge is 0.497 e. The second-order valence-corrected chi connectivity index (χ2v) is 3.55. The number of allylic oxidation sites excluding steroid dienone is 3. The molecule has 1 aliphatic carbocycles. The molecule has 2 nitrogen and oxygen atoms in total. The summed E-state index contributed by atoms with van der Waals surface area (Å²) in [5, 5.41) is 3.40. The maximum Gasteiger partial charge on any atom is 0.117 e. The summed E-state index contributed by atoms with van der Waals surface area (Å²) in [6.07, 6.45) is 10.1. The first kappa shape index (κ1) is 10.6. The molecule has 1 N–H and O–H groups in total. The Kier molecular flexibility index (Phi) is 3.44. The third-order valence-electron chi connectivity index (χ3n) is 2.38. The number of ether oxygens (including phenoxy) is 1. The number of para-hydroxylation sites is 1. The molecule has 0 saturated heterocycles. The van der Waals surface area contributed by atoms with Gasteiger partial charge in [0.1, 0.15) is 5.76 Å². The van der Waals surface area contributed by atoms with Crippen LogP contribution in [-0.4, -0.2) is 13.2 Å². The van der Waals surface area contributed by atoms with Crippen molar-refractivity contribution in [2.24, 2.45) is 0 Å². The van der Waals surface area contributed by atoms with E-state index in [4.69, 9.17) is 4.74 Å². The molecule has 16 heavy (non-hydrogen) atoms. The second-order valence-electron chi connectivity index (χ2n) is 3.55. The van der Waals surface area contributed by atoms with Crippen LogP contribution < -0.4 is 5.32 Å². The zero-order valence-corrected chi connectivity index (χ0v) is 9.26. The molecule has 1 unspecified atom stereocenters. The molecule has 1 aromatic rings. The van der Waals surface area contributed by atoms with Gasteiger partial charge in [0, 0.05) is 5.69 Å². The standard InChI is InChI=1S/C14H15NO/c1-16-14-10-6-5-9-13(11-14)15-12-7-3-2-4-8-12/h2-11,13,15H,1H3. The Morgan fingerprint density at radius 2 is 1.94 bits per heavy atom. The van der Waals surface area contributed by atoms with Crippen molar-refractivity contribution in [3.05, 3.63) is 66.5 Å². The Balaban J connectivity index is 2.10. The quantitative estimate of drug-likeness (QED) is 0.833. The normalized spacial score (nSPS) is 18.8. The van der Waals surface area contributed by atoms with Gasteiger partial charge < -0.3 is 10.1 Å². The number of rotatable bonds is 3. The van der Waals surface area contributed by atoms with E-state index in [0.717, 1.165) is 11.4 Å². The summed E-state index contributed by atoms with van der Waals surface area (Å²) in [5.74, 6) is 0.874. The smallest absolute Gasteiger partial charge is 0.117 e. The van der Waals surface area contributed by atoms with E-state index in [1.54, 1.807) is 7.11 Å². The zero-order chi connectivity index (χ0) is 11.2. The lowest BCUT2D eigenvalue weighted by Crippen LogP contribution is -2.14. The van der Waals surface area contributed by atoms with Crippen LogP contribution in [0.25, 0.3) is 0 Å². The zero-order valence-electron chi connectivity index (χ0n) is 9.26. The van der Waals surface area contributed by atoms with E-state index in [2.05, 4.69) is 11.4 Å². The minimum Gasteiger partial charge on any atom is -0.497 e. The third kappa shape index (κ3) is 2.76. The Bertz CT molecular complexity index is 418. The highest BCUT2D eigenvalue weighted by atomic mass is 16.5. The van der Waals surface area contributed by atoms with Gasteiger partial charge in [-0.1, -0.05) is 36.4 Å². The number of methoxy groups -OCH3 is 1. The van der Waals surface area contributed by atoms with Gasteiger partial charge in [-0.2, -0.15) is 0 Å². The second kappa shape index (κ2) is 5.21. The van der Waals surface area contributed by atoms with E-state index >= 15 is 0 Å². The molecular weight excluding hydrogens is 198 g/mol. The van der Waals surface area contributed by atoms with Gasteiger partial charge in [-0.05, 0) is 24.3 Å². The summed E-state index contributed by atoms with van der Waals surface area (Å²) in [6, 6.07) is 10.3. The summed E-state index contributed by atoms with van der Waals surface area (Å²) >= 11 is 0. The molecule has 2 heteroatoms. The molecule has 2 rings (SSSR count). The fraction of sp³-hybridized carbons (Fsp3) is 0.143. The first-order valence-corrected chi connectivity index (χ1v) is 5.31. The lowest BCUT2D eigenvalue weighted by atomic mass is 10.2. The molecule has 1 aliphatic rings. The van der Waals surface area contributed by atoms with E-state index in [1.807, 2.05) is 54.6 Å². The Labute approximate surface area is 95.9 Å². The first-order chi connectivity index (χ1) is 7.88. The van der Waals surface area contributed by atoms with Gasteiger partial charge in [0.2, 0.25) is 0 Å². The van der Waals surface area contributed by atoms with Gasteiger partial charge in [0.15, 0.2) is 0 Å². The van der Waals surface area contributed by atoms with Crippen molar-refractivity contribution in [2.45, 2.75) is 6.04 Å². The predicted octanol–water partition coefficient (Wildman–Crippen LogP) is 3.12. The molecule has 0 fully saturated rings. The van der Waals surface area contributed by atoms with Crippen molar-refractivity contribution >= 4 is 5.69 Å². The molecule has 0 amide bonds. The molecule has 0 aliphatic heterocycles. The van der Waals surface area contributed by atoms with Crippen molar-refractivity contribution in [3.63, 3.8) is 0 Å². The monoisotopic (exact) mass is 213 g/mol. The molecule has 1 aromatic carbocycles. The van der Waals surface area contributed by atoms with Crippen LogP contribution in [0.1, 0.15) is 0 Å². The molecule has 0 spiro atoms. The maximum absolute atomic E-state index is 5.23. The molecule has 82 valence electrons. The van der Waals surface area contributed by atoms with Gasteiger partial charge in [0.05, 0.1) is 13.2 Å². The van der Waals surface area contributed by atoms with Gasteiger partial charge >= 0.3 is 0 Å². The maximum atomic E-state index is 5.23. The summed E-state index contributed by atoms with van der Waals surface area (Å²) in [6.45, 7) is 0. The number of anilines is 1. The van der Waals surface area contributed by atoms with Crippen LogP contribution >= 0.6 is 0 Å². The van der Waals surface area contributed by atoms with Crippen LogP contribution in [-0.2, 0) is 4.74 Å². The van der Waals surface area contributed by atoms with Gasteiger partial charge in [-0.25, -0.2) is 0 Å². The summed E-state index contributed by atoms with van der Waals surface area (Å²) in [7, 11) is 1.68. The van der Waals surface area contributed by atoms with Crippen molar-refractivity contribution in [3.8, 4) is 0 Å². The fourth-order valence-corrected chi connectivity index (χ4v) is 1.58. The SMILES string of the molecule is COC1=CC(Nc2ccccc2)C=CC=C1. The lowest BCUT2D eigenvalue weighted by Gasteiger charge is -2.12. The molecule has 0 heterocycles. The Hall–Kier alpha value is -1.96. The summed E-state index contributed by atoms with van der Waals surface area (Å²) < 4.78 is 5.23. The van der Waals surface area contributed by atoms with Crippen molar-refractivity contribution in [2.75, 3.05) is 12.4 Å². The molecule has 0 bridgehead atoms. The van der Waals surface area contributed by atoms with Crippen LogP contribution in [0.5, 0.6) is 0 Å². The summed E-state index contributed by atoms with van der Waals surface area (Å²) in [5.41, 5.74) is 1.10. The molecule has 0 saturated carbocycles. The Morgan fingerprint density at radius 3 is 2.69 bits per heavy atom. The number of benzene rings is 1. The number of hydrogen-bond acceptors (Lipinski definition) is 2. The third-order valence-corrected chi connectivity index (χ3v) is 2.38. The van der Waals surface area contributed by atoms with Gasteiger partial charge in [0.25, 0.3) is 0 Å². The molecule has 1 atom stereocenters. The molecule has 0 aromatic heterocycles. The minimum atomic E-state index is 0.160. The van der Waals surface area contributed by atoms with Crippen molar-refractivity contribution in [1.82, 2.24) is 0 Å². The van der Waals surface area contributed by atoms with E-state index in [-0.39, 0.29) is 6.04 Å². The summed E-state index contributed by atoms with van der Waals surface area (Å²) in [4.78, 5) is 0. The minimum absolute atomic E-state index is 0.160. The number of nitrogens with one attached hydrogen (secondary N) is 1. The average Bonchev–Trinajstić information content (AvgIpc) is 2.55. The fourth-order valence-electron chi connectivity index (χ4n) is 1.58. The van der Waals surface area contributed by atoms with E-state index in [0.29, 0.717) is 0 Å². The highest BCUT2D eigenvalue weighted by Crippen LogP contribution is 2.12. The van der Waals surface area contributed by atoms with Crippen LogP contribution in [0.2, 0.25) is 0 Å². The molecule has 0 radical (unpaired) electrons. The van der Waals surface area contributed by atoms with E-state index in [1.165, 1.54) is 0 Å². The first-order valence-electron chi connectivity index (χ1n) is 5.31. The highest BCUT2D eigenvalue weighted by molar-refractivity contribution is 5.46. The number of hydrogen-bond donors (Lipinski definition) is 1. The topological polar surface area (TPSA) is 21.3 Å². The molecular formula is C14H15NO. The lowest BCUT2D eigenvalue weighted by molar-refractivity contribution is 0.305. The highest BCUT2D eigenvalue weighted by Gasteiger charge is 2.04. The van der Waals surface area contributed by atoms with Crippen molar-refractivity contribution in [1.29, 1.82) is 0 Å². The van der Waals surface area contributed by atoms with Crippen LogP contribution in [0.15, 0.2) is 66.5 Å². The average molecular weight is 213 g/mol. The van der Waals surface area contributed by atoms with Gasteiger partial charge in [-0.15, -0.1) is 0 Å². The van der Waals surface area contributed by atoms with E-state index < -0.39 is 0 Å². The van der Waals surface area contributed by atoms with Crippen LogP contribution in [0, 0.1) is 0 Å².